The SMILES string of the molecule is BrCC(OCCC1CC1)c1ccccc1Br. The highest BCUT2D eigenvalue weighted by molar-refractivity contribution is 9.10. The molecule has 1 nitrogen and oxygen atoms in total. The number of benzene rings is 1. The van der Waals surface area contributed by atoms with Crippen molar-refractivity contribution < 1.29 is 4.74 Å². The molecule has 2 rings (SSSR count). The van der Waals surface area contributed by atoms with Crippen LogP contribution in [0.3, 0.4) is 0 Å². The third-order valence-electron chi connectivity index (χ3n) is 2.93. The molecule has 1 saturated carbocycles. The first-order valence-corrected chi connectivity index (χ1v) is 7.64. The zero-order valence-electron chi connectivity index (χ0n) is 9.16. The molecule has 1 aliphatic rings. The van der Waals surface area contributed by atoms with E-state index in [1.54, 1.807) is 0 Å². The molecule has 1 aromatic rings. The van der Waals surface area contributed by atoms with Gasteiger partial charge in [0.05, 0.1) is 6.10 Å². The van der Waals surface area contributed by atoms with Gasteiger partial charge in [-0.05, 0) is 24.0 Å². The zero-order chi connectivity index (χ0) is 11.4. The number of alkyl halides is 1. The maximum absolute atomic E-state index is 5.93. The van der Waals surface area contributed by atoms with E-state index in [0.29, 0.717) is 0 Å². The molecule has 3 heteroatoms. The van der Waals surface area contributed by atoms with Crippen LogP contribution >= 0.6 is 31.9 Å². The van der Waals surface area contributed by atoms with Crippen LogP contribution in [0.4, 0.5) is 0 Å². The second kappa shape index (κ2) is 6.18. The molecule has 0 aliphatic heterocycles. The largest absolute Gasteiger partial charge is 0.373 e. The van der Waals surface area contributed by atoms with Crippen molar-refractivity contribution in [3.63, 3.8) is 0 Å². The van der Waals surface area contributed by atoms with Gasteiger partial charge in [-0.25, -0.2) is 0 Å². The number of hydrogen-bond acceptors (Lipinski definition) is 1. The van der Waals surface area contributed by atoms with Crippen molar-refractivity contribution in [2.24, 2.45) is 5.92 Å². The molecule has 1 aliphatic carbocycles. The van der Waals surface area contributed by atoms with Crippen LogP contribution in [-0.2, 0) is 4.74 Å². The van der Waals surface area contributed by atoms with E-state index in [1.807, 2.05) is 6.07 Å². The fourth-order valence-electron chi connectivity index (χ4n) is 1.74. The number of ether oxygens (including phenoxy) is 1. The van der Waals surface area contributed by atoms with Crippen LogP contribution in [0.15, 0.2) is 28.7 Å². The second-order valence-corrected chi connectivity index (χ2v) is 5.77. The van der Waals surface area contributed by atoms with Gasteiger partial charge in [-0.2, -0.15) is 0 Å². The number of rotatable bonds is 6. The van der Waals surface area contributed by atoms with Crippen molar-refractivity contribution in [3.8, 4) is 0 Å². The molecule has 0 heterocycles. The van der Waals surface area contributed by atoms with Gasteiger partial charge in [0, 0.05) is 16.4 Å². The van der Waals surface area contributed by atoms with Crippen molar-refractivity contribution in [2.75, 3.05) is 11.9 Å². The normalized spacial score (nSPS) is 17.4. The minimum Gasteiger partial charge on any atom is -0.373 e. The molecule has 0 bridgehead atoms. The highest BCUT2D eigenvalue weighted by Gasteiger charge is 2.21. The minimum absolute atomic E-state index is 0.161. The Bertz CT molecular complexity index is 336. The quantitative estimate of drug-likeness (QED) is 0.677. The molecule has 0 amide bonds. The maximum atomic E-state index is 5.93. The van der Waals surface area contributed by atoms with Crippen LogP contribution in [0.2, 0.25) is 0 Å². The van der Waals surface area contributed by atoms with Gasteiger partial charge in [0.25, 0.3) is 0 Å². The van der Waals surface area contributed by atoms with Gasteiger partial charge in [-0.1, -0.05) is 62.9 Å². The van der Waals surface area contributed by atoms with Gasteiger partial charge in [0.15, 0.2) is 0 Å². The van der Waals surface area contributed by atoms with Crippen molar-refractivity contribution in [1.29, 1.82) is 0 Å². The molecule has 16 heavy (non-hydrogen) atoms. The Morgan fingerprint density at radius 2 is 2.06 bits per heavy atom. The summed E-state index contributed by atoms with van der Waals surface area (Å²) in [4.78, 5) is 0. The average molecular weight is 348 g/mol. The zero-order valence-corrected chi connectivity index (χ0v) is 12.3. The Morgan fingerprint density at radius 1 is 1.31 bits per heavy atom. The molecule has 88 valence electrons. The van der Waals surface area contributed by atoms with Crippen molar-refractivity contribution in [2.45, 2.75) is 25.4 Å². The predicted octanol–water partition coefficient (Wildman–Crippen LogP) is 4.70. The van der Waals surface area contributed by atoms with Gasteiger partial charge in [0.2, 0.25) is 0 Å². The summed E-state index contributed by atoms with van der Waals surface area (Å²) in [6.07, 6.45) is 4.18. The highest BCUT2D eigenvalue weighted by atomic mass is 79.9. The van der Waals surface area contributed by atoms with Crippen LogP contribution in [0.1, 0.15) is 30.9 Å². The molecule has 0 N–H and O–H groups in total. The van der Waals surface area contributed by atoms with E-state index in [1.165, 1.54) is 24.8 Å². The number of hydrogen-bond donors (Lipinski definition) is 0. The minimum atomic E-state index is 0.161. The third kappa shape index (κ3) is 3.57. The van der Waals surface area contributed by atoms with Crippen LogP contribution in [0, 0.1) is 5.92 Å². The van der Waals surface area contributed by atoms with Gasteiger partial charge in [0.1, 0.15) is 0 Å². The van der Waals surface area contributed by atoms with Crippen molar-refractivity contribution >= 4 is 31.9 Å². The van der Waals surface area contributed by atoms with E-state index in [0.717, 1.165) is 22.3 Å². The molecule has 0 radical (unpaired) electrons. The summed E-state index contributed by atoms with van der Waals surface area (Å²) in [6.45, 7) is 0.877. The van der Waals surface area contributed by atoms with Crippen LogP contribution < -0.4 is 0 Å². The van der Waals surface area contributed by atoms with Gasteiger partial charge >= 0.3 is 0 Å². The molecular weight excluding hydrogens is 332 g/mol. The molecule has 1 fully saturated rings. The lowest BCUT2D eigenvalue weighted by Crippen LogP contribution is -2.08. The molecule has 1 aromatic carbocycles. The lowest BCUT2D eigenvalue weighted by atomic mass is 10.1. The summed E-state index contributed by atoms with van der Waals surface area (Å²) in [5.41, 5.74) is 1.23. The Balaban J connectivity index is 1.90. The summed E-state index contributed by atoms with van der Waals surface area (Å²) in [6, 6.07) is 8.27. The maximum Gasteiger partial charge on any atom is 0.0932 e. The topological polar surface area (TPSA) is 9.23 Å². The third-order valence-corrected chi connectivity index (χ3v) is 4.24. The van der Waals surface area contributed by atoms with E-state index in [4.69, 9.17) is 4.74 Å². The second-order valence-electron chi connectivity index (χ2n) is 4.27. The predicted molar refractivity (Wildman–Crippen MR) is 74.0 cm³/mol. The Kier molecular flexibility index (Phi) is 4.86. The molecule has 1 atom stereocenters. The number of halogens is 2. The summed E-state index contributed by atoms with van der Waals surface area (Å²) in [5, 5.41) is 0.848. The summed E-state index contributed by atoms with van der Waals surface area (Å²) in [7, 11) is 0. The lowest BCUT2D eigenvalue weighted by molar-refractivity contribution is 0.0650. The summed E-state index contributed by atoms with van der Waals surface area (Å²) in [5.74, 6) is 0.940. The van der Waals surface area contributed by atoms with E-state index >= 15 is 0 Å². The van der Waals surface area contributed by atoms with E-state index < -0.39 is 0 Å². The Labute approximate surface area is 114 Å². The standard InChI is InChI=1S/C13H16Br2O/c14-9-13(16-8-7-10-5-6-10)11-3-1-2-4-12(11)15/h1-4,10,13H,5-9H2. The van der Waals surface area contributed by atoms with Gasteiger partial charge < -0.3 is 4.74 Å². The van der Waals surface area contributed by atoms with Gasteiger partial charge in [-0.3, -0.25) is 0 Å². The van der Waals surface area contributed by atoms with Crippen LogP contribution in [-0.4, -0.2) is 11.9 Å². The fourth-order valence-corrected chi connectivity index (χ4v) is 2.81. The van der Waals surface area contributed by atoms with E-state index in [-0.39, 0.29) is 6.10 Å². The molecule has 0 spiro atoms. The fraction of sp³-hybridized carbons (Fsp3) is 0.538. The Morgan fingerprint density at radius 3 is 2.69 bits per heavy atom. The summed E-state index contributed by atoms with van der Waals surface area (Å²) >= 11 is 7.09. The molecule has 1 unspecified atom stereocenters. The molecule has 0 saturated heterocycles. The van der Waals surface area contributed by atoms with Crippen LogP contribution in [0.25, 0.3) is 0 Å². The smallest absolute Gasteiger partial charge is 0.0932 e. The van der Waals surface area contributed by atoms with E-state index in [2.05, 4.69) is 50.1 Å². The van der Waals surface area contributed by atoms with E-state index in [9.17, 15) is 0 Å². The monoisotopic (exact) mass is 346 g/mol. The lowest BCUT2D eigenvalue weighted by Gasteiger charge is -2.17. The Hall–Kier alpha value is 0.140. The first-order chi connectivity index (χ1) is 7.81. The first kappa shape index (κ1) is 12.6. The van der Waals surface area contributed by atoms with Gasteiger partial charge in [-0.15, -0.1) is 0 Å². The molecular formula is C13H16Br2O. The first-order valence-electron chi connectivity index (χ1n) is 5.73. The van der Waals surface area contributed by atoms with Crippen LogP contribution in [0.5, 0.6) is 0 Å². The average Bonchev–Trinajstić information content (AvgIpc) is 3.10. The van der Waals surface area contributed by atoms with Crippen molar-refractivity contribution in [1.82, 2.24) is 0 Å². The summed E-state index contributed by atoms with van der Waals surface area (Å²) < 4.78 is 7.06. The molecule has 0 aromatic heterocycles. The van der Waals surface area contributed by atoms with Crippen molar-refractivity contribution in [3.05, 3.63) is 34.3 Å². The highest BCUT2D eigenvalue weighted by Crippen LogP contribution is 2.33.